The summed E-state index contributed by atoms with van der Waals surface area (Å²) in [5.41, 5.74) is 10.8. The zero-order valence-electron chi connectivity index (χ0n) is 11.8. The van der Waals surface area contributed by atoms with Crippen molar-refractivity contribution in [2.24, 2.45) is 0 Å². The van der Waals surface area contributed by atoms with Crippen molar-refractivity contribution in [3.05, 3.63) is 47.5 Å². The van der Waals surface area contributed by atoms with Gasteiger partial charge in [0.2, 0.25) is 0 Å². The molecule has 2 aromatic carbocycles. The number of anilines is 2. The lowest BCUT2D eigenvalue weighted by Gasteiger charge is -2.23. The third kappa shape index (κ3) is 2.17. The number of benzene rings is 2. The number of rotatable bonds is 2. The van der Waals surface area contributed by atoms with Crippen LogP contribution in [-0.4, -0.2) is 19.8 Å². The number of nitrogens with zero attached hydrogens (tertiary/aromatic N) is 1. The Kier molecular flexibility index (Phi) is 2.88. The van der Waals surface area contributed by atoms with Crippen LogP contribution < -0.4 is 20.1 Å². The first-order chi connectivity index (χ1) is 10.3. The van der Waals surface area contributed by atoms with Crippen molar-refractivity contribution in [3.63, 3.8) is 0 Å². The fourth-order valence-corrected chi connectivity index (χ4v) is 3.06. The van der Waals surface area contributed by atoms with Crippen LogP contribution in [0.3, 0.4) is 0 Å². The predicted molar refractivity (Wildman–Crippen MR) is 83.0 cm³/mol. The van der Waals surface area contributed by atoms with E-state index >= 15 is 0 Å². The highest BCUT2D eigenvalue weighted by atomic mass is 16.6. The molecule has 0 fully saturated rings. The fourth-order valence-electron chi connectivity index (χ4n) is 3.06. The third-order valence-corrected chi connectivity index (χ3v) is 4.15. The fraction of sp³-hybridized carbons (Fsp3) is 0.294. The van der Waals surface area contributed by atoms with Crippen molar-refractivity contribution in [3.8, 4) is 11.5 Å². The lowest BCUT2D eigenvalue weighted by Crippen LogP contribution is -2.21. The Balaban J connectivity index is 1.63. The van der Waals surface area contributed by atoms with E-state index in [2.05, 4.69) is 29.2 Å². The second-order valence-corrected chi connectivity index (χ2v) is 5.49. The molecule has 2 N–H and O–H groups in total. The molecular formula is C17H18N2O2. The van der Waals surface area contributed by atoms with E-state index in [-0.39, 0.29) is 0 Å². The number of hydrogen-bond donors (Lipinski definition) is 1. The summed E-state index contributed by atoms with van der Waals surface area (Å²) in [6.45, 7) is 3.03. The van der Waals surface area contributed by atoms with Gasteiger partial charge in [-0.05, 0) is 29.7 Å². The van der Waals surface area contributed by atoms with E-state index in [1.54, 1.807) is 0 Å². The minimum atomic E-state index is 0.589. The lowest BCUT2D eigenvalue weighted by molar-refractivity contribution is 0.171. The standard InChI is InChI=1S/C17H18N2O2/c18-14-10-17-16(20-7-8-21-17)9-13(14)11-19-6-5-12-3-1-2-4-15(12)19/h1-4,9-10H,5-8,11,18H2. The van der Waals surface area contributed by atoms with Gasteiger partial charge in [-0.1, -0.05) is 18.2 Å². The van der Waals surface area contributed by atoms with Gasteiger partial charge >= 0.3 is 0 Å². The Morgan fingerprint density at radius 3 is 2.67 bits per heavy atom. The molecular weight excluding hydrogens is 264 g/mol. The molecule has 0 unspecified atom stereocenters. The van der Waals surface area contributed by atoms with E-state index in [1.807, 2.05) is 12.1 Å². The Hall–Kier alpha value is -2.36. The Morgan fingerprint density at radius 1 is 1.05 bits per heavy atom. The average molecular weight is 282 g/mol. The van der Waals surface area contributed by atoms with Crippen LogP contribution in [0.2, 0.25) is 0 Å². The van der Waals surface area contributed by atoms with Gasteiger partial charge in [-0.15, -0.1) is 0 Å². The summed E-state index contributed by atoms with van der Waals surface area (Å²) in [7, 11) is 0. The third-order valence-electron chi connectivity index (χ3n) is 4.15. The molecule has 0 radical (unpaired) electrons. The summed E-state index contributed by atoms with van der Waals surface area (Å²) >= 11 is 0. The van der Waals surface area contributed by atoms with E-state index < -0.39 is 0 Å². The normalized spacial score (nSPS) is 15.9. The van der Waals surface area contributed by atoms with Crippen molar-refractivity contribution < 1.29 is 9.47 Å². The molecule has 21 heavy (non-hydrogen) atoms. The zero-order valence-corrected chi connectivity index (χ0v) is 11.8. The highest BCUT2D eigenvalue weighted by molar-refractivity contribution is 5.62. The summed E-state index contributed by atoms with van der Waals surface area (Å²) in [6, 6.07) is 12.5. The molecule has 0 aromatic heterocycles. The molecule has 0 saturated carbocycles. The van der Waals surface area contributed by atoms with E-state index in [0.717, 1.165) is 42.3 Å². The monoisotopic (exact) mass is 282 g/mol. The second kappa shape index (κ2) is 4.88. The first kappa shape index (κ1) is 12.4. The van der Waals surface area contributed by atoms with Crippen LogP contribution in [0.15, 0.2) is 36.4 Å². The predicted octanol–water partition coefficient (Wildman–Crippen LogP) is 2.60. The summed E-state index contributed by atoms with van der Waals surface area (Å²) in [6.07, 6.45) is 1.10. The van der Waals surface area contributed by atoms with Gasteiger partial charge in [-0.25, -0.2) is 0 Å². The second-order valence-electron chi connectivity index (χ2n) is 5.49. The van der Waals surface area contributed by atoms with Crippen LogP contribution in [-0.2, 0) is 13.0 Å². The molecule has 4 rings (SSSR count). The molecule has 0 aliphatic carbocycles. The largest absolute Gasteiger partial charge is 0.486 e. The molecule has 108 valence electrons. The van der Waals surface area contributed by atoms with Crippen LogP contribution >= 0.6 is 0 Å². The smallest absolute Gasteiger partial charge is 0.163 e. The van der Waals surface area contributed by atoms with E-state index in [0.29, 0.717) is 13.2 Å². The van der Waals surface area contributed by atoms with Gasteiger partial charge in [-0.2, -0.15) is 0 Å². The van der Waals surface area contributed by atoms with Gasteiger partial charge in [-0.3, -0.25) is 0 Å². The van der Waals surface area contributed by atoms with Gasteiger partial charge in [0.1, 0.15) is 13.2 Å². The molecule has 0 spiro atoms. The summed E-state index contributed by atoms with van der Waals surface area (Å²) < 4.78 is 11.2. The van der Waals surface area contributed by atoms with Crippen molar-refractivity contribution in [1.29, 1.82) is 0 Å². The maximum absolute atomic E-state index is 6.18. The van der Waals surface area contributed by atoms with Crippen molar-refractivity contribution in [1.82, 2.24) is 0 Å². The topological polar surface area (TPSA) is 47.7 Å². The molecule has 2 heterocycles. The SMILES string of the molecule is Nc1cc2c(cc1CN1CCc3ccccc31)OCCO2. The number of para-hydroxylation sites is 1. The Morgan fingerprint density at radius 2 is 1.81 bits per heavy atom. The lowest BCUT2D eigenvalue weighted by atomic mass is 10.1. The van der Waals surface area contributed by atoms with E-state index in [9.17, 15) is 0 Å². The maximum atomic E-state index is 6.18. The van der Waals surface area contributed by atoms with E-state index in [4.69, 9.17) is 15.2 Å². The highest BCUT2D eigenvalue weighted by Gasteiger charge is 2.21. The molecule has 2 aliphatic heterocycles. The quantitative estimate of drug-likeness (QED) is 0.860. The van der Waals surface area contributed by atoms with Crippen LogP contribution in [0.25, 0.3) is 0 Å². The molecule has 2 aliphatic rings. The van der Waals surface area contributed by atoms with Crippen LogP contribution in [0.1, 0.15) is 11.1 Å². The number of fused-ring (bicyclic) bond motifs is 2. The Labute approximate surface area is 124 Å². The first-order valence-electron chi connectivity index (χ1n) is 7.32. The maximum Gasteiger partial charge on any atom is 0.163 e. The van der Waals surface area contributed by atoms with E-state index in [1.165, 1.54) is 11.3 Å². The van der Waals surface area contributed by atoms with Gasteiger partial charge in [0.25, 0.3) is 0 Å². The summed E-state index contributed by atoms with van der Waals surface area (Å²) in [5.74, 6) is 1.56. The van der Waals surface area contributed by atoms with Gasteiger partial charge < -0.3 is 20.1 Å². The van der Waals surface area contributed by atoms with Crippen molar-refractivity contribution in [2.75, 3.05) is 30.4 Å². The van der Waals surface area contributed by atoms with Crippen molar-refractivity contribution >= 4 is 11.4 Å². The van der Waals surface area contributed by atoms with Crippen LogP contribution in [0.5, 0.6) is 11.5 Å². The number of hydrogen-bond acceptors (Lipinski definition) is 4. The minimum Gasteiger partial charge on any atom is -0.486 e. The molecule has 0 bridgehead atoms. The summed E-state index contributed by atoms with van der Waals surface area (Å²) in [5, 5.41) is 0. The first-order valence-corrected chi connectivity index (χ1v) is 7.32. The molecule has 0 atom stereocenters. The minimum absolute atomic E-state index is 0.589. The van der Waals surface area contributed by atoms with Crippen LogP contribution in [0, 0.1) is 0 Å². The molecule has 4 heteroatoms. The summed E-state index contributed by atoms with van der Waals surface area (Å²) in [4.78, 5) is 2.37. The number of nitrogen functional groups attached to an aromatic ring is 1. The molecule has 2 aromatic rings. The molecule has 0 amide bonds. The number of nitrogens with two attached hydrogens (primary N) is 1. The van der Waals surface area contributed by atoms with Gasteiger partial charge in [0, 0.05) is 30.5 Å². The molecule has 4 nitrogen and oxygen atoms in total. The number of ether oxygens (including phenoxy) is 2. The van der Waals surface area contributed by atoms with Gasteiger partial charge in [0.05, 0.1) is 0 Å². The average Bonchev–Trinajstić information content (AvgIpc) is 2.91. The van der Waals surface area contributed by atoms with Gasteiger partial charge in [0.15, 0.2) is 11.5 Å². The Bertz CT molecular complexity index is 684. The zero-order chi connectivity index (χ0) is 14.2. The van der Waals surface area contributed by atoms with Crippen LogP contribution in [0.4, 0.5) is 11.4 Å². The van der Waals surface area contributed by atoms with Crippen molar-refractivity contribution in [2.45, 2.75) is 13.0 Å². The molecule has 0 saturated heterocycles. The highest BCUT2D eigenvalue weighted by Crippen LogP contribution is 2.36.